The summed E-state index contributed by atoms with van der Waals surface area (Å²) >= 11 is 0. The van der Waals surface area contributed by atoms with Crippen LogP contribution in [-0.4, -0.2) is 72.0 Å². The molecule has 1 N–H and O–H groups in total. The van der Waals surface area contributed by atoms with Crippen molar-refractivity contribution in [2.24, 2.45) is 4.99 Å². The van der Waals surface area contributed by atoms with Crippen LogP contribution in [0.5, 0.6) is 11.5 Å². The Morgan fingerprint density at radius 1 is 0.933 bits per heavy atom. The van der Waals surface area contributed by atoms with Crippen LogP contribution in [0, 0.1) is 0 Å². The van der Waals surface area contributed by atoms with E-state index in [1.165, 1.54) is 4.57 Å². The summed E-state index contributed by atoms with van der Waals surface area (Å²) < 4.78 is 25.5. The molecule has 10 nitrogen and oxygen atoms in total. The number of aromatic nitrogens is 2. The van der Waals surface area contributed by atoms with Crippen molar-refractivity contribution in [1.29, 1.82) is 0 Å². The Morgan fingerprint density at radius 2 is 1.56 bits per heavy atom. The van der Waals surface area contributed by atoms with Crippen molar-refractivity contribution in [3.05, 3.63) is 118 Å². The molecule has 10 heteroatoms. The van der Waals surface area contributed by atoms with E-state index in [-0.39, 0.29) is 13.0 Å². The summed E-state index contributed by atoms with van der Waals surface area (Å²) in [4.78, 5) is 23.8. The third-order valence-corrected chi connectivity index (χ3v) is 8.55. The molecule has 2 aliphatic heterocycles. The smallest absolute Gasteiger partial charge is 0.351 e. The van der Waals surface area contributed by atoms with Crippen LogP contribution in [-0.2, 0) is 15.1 Å². The average Bonchev–Trinajstić information content (AvgIpc) is 3.66. The fourth-order valence-electron chi connectivity index (χ4n) is 6.07. The topological polar surface area (TPSA) is 108 Å². The predicted octanol–water partition coefficient (Wildman–Crippen LogP) is 4.67. The SMILES string of the molecule is COc1ccc(C(OC[C@H]2O[C@@H](n3ccc(N=C4CCCN4C)nc3=O)C[C@H]2O)(c2ccccc2)c2ccc(OC)cc2)cc1. The van der Waals surface area contributed by atoms with Crippen molar-refractivity contribution >= 4 is 11.7 Å². The standard InChI is InChI=1S/C35H38N4O6/c1-38-20-7-10-32(38)36-31-19-21-39(34(41)37-31)33-22-29(40)30(45-33)23-44-35(24-8-5-4-6-9-24,25-11-15-27(42-2)16-12-25)26-13-17-28(43-3)18-14-26/h4-6,8-9,11-19,21,29-30,33,40H,7,10,20,22-23H2,1-3H3/t29-,30-,33-/m1/s1. The lowest BCUT2D eigenvalue weighted by Crippen LogP contribution is -2.38. The summed E-state index contributed by atoms with van der Waals surface area (Å²) in [6.07, 6.45) is 1.48. The Bertz CT molecular complexity index is 1630. The van der Waals surface area contributed by atoms with E-state index in [9.17, 15) is 9.90 Å². The molecule has 6 rings (SSSR count). The summed E-state index contributed by atoms with van der Waals surface area (Å²) in [5.41, 5.74) is 1.10. The summed E-state index contributed by atoms with van der Waals surface area (Å²) in [7, 11) is 5.24. The molecule has 0 unspecified atom stereocenters. The molecule has 2 aliphatic rings. The van der Waals surface area contributed by atoms with E-state index in [0.29, 0.717) is 5.82 Å². The van der Waals surface area contributed by atoms with Crippen LogP contribution in [0.25, 0.3) is 0 Å². The van der Waals surface area contributed by atoms with Gasteiger partial charge in [-0.1, -0.05) is 54.6 Å². The van der Waals surface area contributed by atoms with Crippen molar-refractivity contribution in [3.63, 3.8) is 0 Å². The zero-order chi connectivity index (χ0) is 31.4. The van der Waals surface area contributed by atoms with E-state index in [0.717, 1.165) is 53.4 Å². The van der Waals surface area contributed by atoms with Crippen LogP contribution in [0.3, 0.4) is 0 Å². The number of rotatable bonds is 10. The first kappa shape index (κ1) is 30.5. The Morgan fingerprint density at radius 3 is 2.11 bits per heavy atom. The van der Waals surface area contributed by atoms with Gasteiger partial charge >= 0.3 is 5.69 Å². The molecule has 1 aromatic heterocycles. The molecule has 4 aromatic rings. The van der Waals surface area contributed by atoms with Crippen molar-refractivity contribution in [3.8, 4) is 11.5 Å². The molecule has 2 fully saturated rings. The minimum absolute atomic E-state index is 0.0465. The van der Waals surface area contributed by atoms with Gasteiger partial charge in [0.15, 0.2) is 5.82 Å². The van der Waals surface area contributed by atoms with Crippen LogP contribution in [0.2, 0.25) is 0 Å². The molecule has 45 heavy (non-hydrogen) atoms. The number of hydrogen-bond donors (Lipinski definition) is 1. The molecule has 3 aromatic carbocycles. The lowest BCUT2D eigenvalue weighted by Gasteiger charge is -2.37. The highest BCUT2D eigenvalue weighted by atomic mass is 16.6. The molecule has 3 heterocycles. The second-order valence-corrected chi connectivity index (χ2v) is 11.3. The van der Waals surface area contributed by atoms with Crippen LogP contribution in [0.15, 0.2) is 101 Å². The molecule has 0 bridgehead atoms. The first-order chi connectivity index (χ1) is 21.9. The molecule has 234 valence electrons. The van der Waals surface area contributed by atoms with Crippen molar-refractivity contribution in [1.82, 2.24) is 14.5 Å². The maximum Gasteiger partial charge on any atom is 0.351 e. The lowest BCUT2D eigenvalue weighted by molar-refractivity contribution is -0.0944. The number of ether oxygens (including phenoxy) is 4. The van der Waals surface area contributed by atoms with Crippen LogP contribution >= 0.6 is 0 Å². The van der Waals surface area contributed by atoms with Gasteiger partial charge in [0, 0.05) is 32.6 Å². The third-order valence-electron chi connectivity index (χ3n) is 8.55. The summed E-state index contributed by atoms with van der Waals surface area (Å²) in [5, 5.41) is 11.1. The van der Waals surface area contributed by atoms with Gasteiger partial charge in [-0.2, -0.15) is 4.98 Å². The number of aliphatic hydroxyl groups is 1. The fourth-order valence-corrected chi connectivity index (χ4v) is 6.07. The molecule has 0 aliphatic carbocycles. The molecule has 3 atom stereocenters. The second kappa shape index (κ2) is 13.2. The number of likely N-dealkylation sites (tertiary alicyclic amines) is 1. The third kappa shape index (κ3) is 6.22. The largest absolute Gasteiger partial charge is 0.497 e. The number of aliphatic hydroxyl groups excluding tert-OH is 1. The first-order valence-electron chi connectivity index (χ1n) is 15.1. The van der Waals surface area contributed by atoms with Gasteiger partial charge < -0.3 is 29.0 Å². The van der Waals surface area contributed by atoms with Crippen molar-refractivity contribution < 1.29 is 24.1 Å². The van der Waals surface area contributed by atoms with Gasteiger partial charge in [-0.3, -0.25) is 4.57 Å². The number of benzene rings is 3. The van der Waals surface area contributed by atoms with E-state index in [4.69, 9.17) is 18.9 Å². The highest BCUT2D eigenvalue weighted by molar-refractivity contribution is 5.85. The number of hydrogen-bond acceptors (Lipinski definition) is 8. The summed E-state index contributed by atoms with van der Waals surface area (Å²) in [6.45, 7) is 0.987. The summed E-state index contributed by atoms with van der Waals surface area (Å²) in [5.74, 6) is 2.73. The quantitative estimate of drug-likeness (QED) is 0.258. The maximum atomic E-state index is 13.0. The molecule has 0 radical (unpaired) electrons. The number of methoxy groups -OCH3 is 2. The lowest BCUT2D eigenvalue weighted by atomic mass is 9.80. The number of amidine groups is 1. The number of nitrogens with zero attached hydrogens (tertiary/aromatic N) is 4. The predicted molar refractivity (Wildman–Crippen MR) is 170 cm³/mol. The Kier molecular flexibility index (Phi) is 8.97. The fraction of sp³-hybridized carbons (Fsp3) is 0.343. The van der Waals surface area contributed by atoms with Gasteiger partial charge in [-0.15, -0.1) is 0 Å². The van der Waals surface area contributed by atoms with Crippen molar-refractivity contribution in [2.75, 3.05) is 34.4 Å². The minimum atomic E-state index is -1.06. The summed E-state index contributed by atoms with van der Waals surface area (Å²) in [6, 6.07) is 27.1. The van der Waals surface area contributed by atoms with Gasteiger partial charge in [0.05, 0.1) is 26.9 Å². The molecular weight excluding hydrogens is 572 g/mol. The van der Waals surface area contributed by atoms with Crippen LogP contribution in [0.4, 0.5) is 5.82 Å². The van der Waals surface area contributed by atoms with E-state index >= 15 is 0 Å². The monoisotopic (exact) mass is 610 g/mol. The average molecular weight is 611 g/mol. The molecule has 0 amide bonds. The van der Waals surface area contributed by atoms with E-state index in [1.54, 1.807) is 26.5 Å². The van der Waals surface area contributed by atoms with Gasteiger partial charge in [0.2, 0.25) is 0 Å². The van der Waals surface area contributed by atoms with Crippen LogP contribution in [0.1, 0.15) is 42.2 Å². The normalized spacial score (nSPS) is 20.9. The van der Waals surface area contributed by atoms with Crippen LogP contribution < -0.4 is 15.2 Å². The second-order valence-electron chi connectivity index (χ2n) is 11.3. The van der Waals surface area contributed by atoms with E-state index < -0.39 is 29.7 Å². The molecule has 0 spiro atoms. The maximum absolute atomic E-state index is 13.0. The molecule has 2 saturated heterocycles. The molecular formula is C35H38N4O6. The van der Waals surface area contributed by atoms with Gasteiger partial charge in [-0.05, 0) is 53.4 Å². The van der Waals surface area contributed by atoms with E-state index in [1.807, 2.05) is 85.9 Å². The Hall–Kier alpha value is -4.51. The minimum Gasteiger partial charge on any atom is -0.497 e. The van der Waals surface area contributed by atoms with E-state index in [2.05, 4.69) is 14.9 Å². The Balaban J connectivity index is 1.30. The highest BCUT2D eigenvalue weighted by Gasteiger charge is 2.42. The zero-order valence-corrected chi connectivity index (χ0v) is 25.7. The first-order valence-corrected chi connectivity index (χ1v) is 15.1. The van der Waals surface area contributed by atoms with Gasteiger partial charge in [0.1, 0.15) is 35.3 Å². The van der Waals surface area contributed by atoms with Crippen molar-refractivity contribution in [2.45, 2.75) is 43.3 Å². The molecule has 0 saturated carbocycles. The van der Waals surface area contributed by atoms with Gasteiger partial charge in [-0.25, -0.2) is 9.79 Å². The number of aliphatic imine (C=N–C) groups is 1. The zero-order valence-electron chi connectivity index (χ0n) is 25.7. The highest BCUT2D eigenvalue weighted by Crippen LogP contribution is 2.42. The van der Waals surface area contributed by atoms with Gasteiger partial charge in [0.25, 0.3) is 0 Å². The Labute approximate surface area is 262 Å².